The summed E-state index contributed by atoms with van der Waals surface area (Å²) in [5.74, 6) is 0.0800. The number of rotatable bonds is 2. The van der Waals surface area contributed by atoms with Crippen LogP contribution in [0.3, 0.4) is 0 Å². The highest BCUT2D eigenvalue weighted by atomic mass is 16.3. The Hall–Kier alpha value is -2.03. The first kappa shape index (κ1) is 10.5. The fraction of sp³-hybridized carbons (Fsp3) is 0.154. The van der Waals surface area contributed by atoms with E-state index in [9.17, 15) is 4.79 Å². The number of allylic oxidation sites excluding steroid dienone is 2. The number of carbonyl (C=O) groups excluding carboxylic acids is 1. The molecule has 0 unspecified atom stereocenters. The molecule has 0 aromatic heterocycles. The van der Waals surface area contributed by atoms with Gasteiger partial charge in [0.15, 0.2) is 0 Å². The van der Waals surface area contributed by atoms with E-state index in [4.69, 9.17) is 5.11 Å². The zero-order valence-corrected chi connectivity index (χ0v) is 8.81. The fourth-order valence-electron chi connectivity index (χ4n) is 1.53. The molecule has 0 spiro atoms. The normalized spacial score (nSPS) is 14.4. The third-order valence-corrected chi connectivity index (χ3v) is 2.38. The van der Waals surface area contributed by atoms with Gasteiger partial charge < -0.3 is 10.4 Å². The number of hydrogen-bond acceptors (Lipinski definition) is 2. The van der Waals surface area contributed by atoms with Crippen LogP contribution in [0.25, 0.3) is 0 Å². The van der Waals surface area contributed by atoms with Crippen molar-refractivity contribution in [2.75, 3.05) is 5.32 Å². The van der Waals surface area contributed by atoms with E-state index in [1.807, 2.05) is 18.2 Å². The lowest BCUT2D eigenvalue weighted by Gasteiger charge is -2.08. The molecule has 3 heteroatoms. The van der Waals surface area contributed by atoms with Crippen molar-refractivity contribution in [1.82, 2.24) is 0 Å². The van der Waals surface area contributed by atoms with Crippen molar-refractivity contribution < 1.29 is 9.90 Å². The van der Waals surface area contributed by atoms with Crippen LogP contribution >= 0.6 is 0 Å². The standard InChI is InChI=1S/C13H13NO2/c15-12-8-6-11(7-9-12)14-13(16)10-4-2-1-3-5-10/h2,4-9,15H,1,3H2,(H,14,16). The Morgan fingerprint density at radius 2 is 1.94 bits per heavy atom. The highest BCUT2D eigenvalue weighted by Gasteiger charge is 2.08. The van der Waals surface area contributed by atoms with E-state index >= 15 is 0 Å². The molecule has 0 bridgehead atoms. The Labute approximate surface area is 94.1 Å². The Morgan fingerprint density at radius 3 is 2.56 bits per heavy atom. The van der Waals surface area contributed by atoms with Crippen LogP contribution < -0.4 is 5.32 Å². The summed E-state index contributed by atoms with van der Waals surface area (Å²) in [4.78, 5) is 11.8. The van der Waals surface area contributed by atoms with Crippen LogP contribution in [-0.4, -0.2) is 11.0 Å². The maximum atomic E-state index is 11.8. The number of anilines is 1. The van der Waals surface area contributed by atoms with Crippen LogP contribution in [0.1, 0.15) is 12.8 Å². The summed E-state index contributed by atoms with van der Waals surface area (Å²) in [6, 6.07) is 6.42. The molecule has 2 rings (SSSR count). The maximum absolute atomic E-state index is 11.8. The first-order valence-corrected chi connectivity index (χ1v) is 5.23. The van der Waals surface area contributed by atoms with Gasteiger partial charge in [0.05, 0.1) is 0 Å². The van der Waals surface area contributed by atoms with Crippen molar-refractivity contribution in [2.45, 2.75) is 12.8 Å². The number of amides is 1. The average molecular weight is 215 g/mol. The van der Waals surface area contributed by atoms with Gasteiger partial charge >= 0.3 is 0 Å². The monoisotopic (exact) mass is 215 g/mol. The lowest BCUT2D eigenvalue weighted by atomic mass is 10.1. The molecule has 1 aliphatic carbocycles. The van der Waals surface area contributed by atoms with Crippen molar-refractivity contribution in [3.63, 3.8) is 0 Å². The van der Waals surface area contributed by atoms with Crippen LogP contribution in [0.5, 0.6) is 5.75 Å². The van der Waals surface area contributed by atoms with Gasteiger partial charge in [-0.15, -0.1) is 0 Å². The van der Waals surface area contributed by atoms with Crippen molar-refractivity contribution >= 4 is 11.6 Å². The zero-order valence-electron chi connectivity index (χ0n) is 8.81. The van der Waals surface area contributed by atoms with Gasteiger partial charge in [0.2, 0.25) is 0 Å². The van der Waals surface area contributed by atoms with E-state index in [0.29, 0.717) is 11.3 Å². The highest BCUT2D eigenvalue weighted by molar-refractivity contribution is 6.05. The number of aromatic hydroxyl groups is 1. The Morgan fingerprint density at radius 1 is 1.19 bits per heavy atom. The third-order valence-electron chi connectivity index (χ3n) is 2.38. The summed E-state index contributed by atoms with van der Waals surface area (Å²) >= 11 is 0. The molecule has 0 fully saturated rings. The molecule has 0 aliphatic heterocycles. The molecule has 0 atom stereocenters. The SMILES string of the molecule is O=C(Nc1ccc(O)cc1)C1=CCCC=C1. The summed E-state index contributed by atoms with van der Waals surface area (Å²) in [5, 5.41) is 11.9. The largest absolute Gasteiger partial charge is 0.508 e. The lowest BCUT2D eigenvalue weighted by molar-refractivity contribution is -0.112. The van der Waals surface area contributed by atoms with Gasteiger partial charge in [-0.25, -0.2) is 0 Å². The molecule has 2 N–H and O–H groups in total. The van der Waals surface area contributed by atoms with E-state index < -0.39 is 0 Å². The quantitative estimate of drug-likeness (QED) is 0.745. The molecule has 1 aliphatic rings. The van der Waals surface area contributed by atoms with Gasteiger partial charge in [0.25, 0.3) is 5.91 Å². The second-order valence-corrected chi connectivity index (χ2v) is 3.64. The van der Waals surface area contributed by atoms with E-state index in [1.54, 1.807) is 24.3 Å². The fourth-order valence-corrected chi connectivity index (χ4v) is 1.53. The molecule has 1 amide bonds. The van der Waals surface area contributed by atoms with Gasteiger partial charge in [0.1, 0.15) is 5.75 Å². The number of hydrogen-bond donors (Lipinski definition) is 2. The second kappa shape index (κ2) is 4.66. The number of carbonyl (C=O) groups is 1. The molecule has 1 aromatic carbocycles. The van der Waals surface area contributed by atoms with E-state index in [-0.39, 0.29) is 11.7 Å². The van der Waals surface area contributed by atoms with Gasteiger partial charge in [-0.05, 0) is 37.1 Å². The number of phenolic OH excluding ortho intramolecular Hbond substituents is 1. The van der Waals surface area contributed by atoms with E-state index in [2.05, 4.69) is 5.32 Å². The van der Waals surface area contributed by atoms with Gasteiger partial charge in [-0.1, -0.05) is 18.2 Å². The summed E-state index contributed by atoms with van der Waals surface area (Å²) in [7, 11) is 0. The predicted molar refractivity (Wildman–Crippen MR) is 63.2 cm³/mol. The summed E-state index contributed by atoms with van der Waals surface area (Å²) in [6.45, 7) is 0. The van der Waals surface area contributed by atoms with E-state index in [1.165, 1.54) is 0 Å². The first-order valence-electron chi connectivity index (χ1n) is 5.23. The van der Waals surface area contributed by atoms with Crippen molar-refractivity contribution in [3.05, 3.63) is 48.1 Å². The molecule has 16 heavy (non-hydrogen) atoms. The molecule has 0 saturated carbocycles. The number of nitrogens with one attached hydrogen (secondary N) is 1. The smallest absolute Gasteiger partial charge is 0.255 e. The van der Waals surface area contributed by atoms with Crippen LogP contribution in [0.15, 0.2) is 48.1 Å². The molecule has 1 aromatic rings. The molecule has 0 heterocycles. The Bertz CT molecular complexity index is 444. The highest BCUT2D eigenvalue weighted by Crippen LogP contribution is 2.16. The summed E-state index contributed by atoms with van der Waals surface area (Å²) in [6.07, 6.45) is 7.66. The van der Waals surface area contributed by atoms with Gasteiger partial charge in [0, 0.05) is 11.3 Å². The Balaban J connectivity index is 2.04. The maximum Gasteiger partial charge on any atom is 0.255 e. The topological polar surface area (TPSA) is 49.3 Å². The summed E-state index contributed by atoms with van der Waals surface area (Å²) in [5.41, 5.74) is 1.38. The number of benzene rings is 1. The molecule has 0 saturated heterocycles. The van der Waals surface area contributed by atoms with Gasteiger partial charge in [-0.2, -0.15) is 0 Å². The average Bonchev–Trinajstić information content (AvgIpc) is 2.33. The molecule has 3 nitrogen and oxygen atoms in total. The minimum absolute atomic E-state index is 0.110. The second-order valence-electron chi connectivity index (χ2n) is 3.64. The van der Waals surface area contributed by atoms with E-state index in [0.717, 1.165) is 12.8 Å². The minimum Gasteiger partial charge on any atom is -0.508 e. The molecule has 0 radical (unpaired) electrons. The molecular formula is C13H13NO2. The third kappa shape index (κ3) is 2.51. The zero-order chi connectivity index (χ0) is 11.4. The van der Waals surface area contributed by atoms with Crippen LogP contribution in [0.2, 0.25) is 0 Å². The van der Waals surface area contributed by atoms with Crippen LogP contribution in [0, 0.1) is 0 Å². The minimum atomic E-state index is -0.110. The molecule has 82 valence electrons. The van der Waals surface area contributed by atoms with Crippen LogP contribution in [0.4, 0.5) is 5.69 Å². The van der Waals surface area contributed by atoms with Crippen LogP contribution in [-0.2, 0) is 4.79 Å². The summed E-state index contributed by atoms with van der Waals surface area (Å²) < 4.78 is 0. The van der Waals surface area contributed by atoms with Crippen molar-refractivity contribution in [2.24, 2.45) is 0 Å². The number of phenols is 1. The lowest BCUT2D eigenvalue weighted by Crippen LogP contribution is -2.13. The van der Waals surface area contributed by atoms with Gasteiger partial charge in [-0.3, -0.25) is 4.79 Å². The van der Waals surface area contributed by atoms with Crippen molar-refractivity contribution in [1.29, 1.82) is 0 Å². The molecular weight excluding hydrogens is 202 g/mol. The predicted octanol–water partition coefficient (Wildman–Crippen LogP) is 2.61. The van der Waals surface area contributed by atoms with Crippen molar-refractivity contribution in [3.8, 4) is 5.75 Å². The first-order chi connectivity index (χ1) is 7.75. The Kier molecular flexibility index (Phi) is 3.05.